The Morgan fingerprint density at radius 2 is 2.29 bits per heavy atom. The zero-order valence-electron chi connectivity index (χ0n) is 9.61. The number of nitrogens with two attached hydrogens (primary N) is 1. The third-order valence-electron chi connectivity index (χ3n) is 2.33. The maximum Gasteiger partial charge on any atom is 0.222 e. The van der Waals surface area contributed by atoms with E-state index in [1.165, 1.54) is 2.88 Å². The van der Waals surface area contributed by atoms with Gasteiger partial charge in [-0.25, -0.2) is 4.98 Å². The normalized spacial score (nSPS) is 11.0. The molecule has 92 valence electrons. The number of aromatic nitrogens is 2. The van der Waals surface area contributed by atoms with E-state index in [-0.39, 0.29) is 0 Å². The number of nitrogens with zero attached hydrogens (tertiary/aromatic N) is 3. The van der Waals surface area contributed by atoms with Crippen LogP contribution in [-0.4, -0.2) is 37.3 Å². The molecule has 0 unspecified atom stereocenters. The van der Waals surface area contributed by atoms with Gasteiger partial charge in [-0.3, -0.25) is 0 Å². The molecule has 0 aliphatic carbocycles. The van der Waals surface area contributed by atoms with Gasteiger partial charge in [0, 0.05) is 20.7 Å². The summed E-state index contributed by atoms with van der Waals surface area (Å²) in [7, 11) is 3.67. The molecule has 0 amide bonds. The number of likely N-dealkylation sites (N-methyl/N-ethyl adjacent to an activating group) is 1. The van der Waals surface area contributed by atoms with Crippen LogP contribution in [-0.2, 0) is 4.74 Å². The second kappa shape index (κ2) is 5.32. The van der Waals surface area contributed by atoms with Crippen molar-refractivity contribution in [1.82, 2.24) is 9.97 Å². The van der Waals surface area contributed by atoms with Gasteiger partial charge in [-0.15, -0.1) is 11.3 Å². The van der Waals surface area contributed by atoms with Crippen LogP contribution in [0.2, 0.25) is 0 Å². The van der Waals surface area contributed by atoms with Crippen molar-refractivity contribution in [3.05, 3.63) is 8.95 Å². The van der Waals surface area contributed by atoms with E-state index in [0.717, 1.165) is 22.6 Å². The van der Waals surface area contributed by atoms with Crippen LogP contribution in [0.4, 0.5) is 11.8 Å². The van der Waals surface area contributed by atoms with Crippen molar-refractivity contribution >= 4 is 55.9 Å². The van der Waals surface area contributed by atoms with Crippen LogP contribution in [0.25, 0.3) is 10.2 Å². The molecule has 5 nitrogen and oxygen atoms in total. The lowest BCUT2D eigenvalue weighted by molar-refractivity contribution is 0.206. The Kier molecular flexibility index (Phi) is 4.00. The fraction of sp³-hybridized carbons (Fsp3) is 0.400. The highest BCUT2D eigenvalue weighted by Crippen LogP contribution is 2.32. The second-order valence-corrected chi connectivity index (χ2v) is 6.53. The zero-order chi connectivity index (χ0) is 12.4. The summed E-state index contributed by atoms with van der Waals surface area (Å²) in [5.74, 6) is 1.18. The van der Waals surface area contributed by atoms with Gasteiger partial charge in [-0.1, -0.05) is 0 Å². The minimum atomic E-state index is 0.311. The highest BCUT2D eigenvalue weighted by Gasteiger charge is 2.13. The van der Waals surface area contributed by atoms with E-state index in [1.54, 1.807) is 18.4 Å². The Balaban J connectivity index is 2.43. The van der Waals surface area contributed by atoms with Crippen molar-refractivity contribution in [2.24, 2.45) is 0 Å². The van der Waals surface area contributed by atoms with Crippen molar-refractivity contribution in [2.75, 3.05) is 37.9 Å². The van der Waals surface area contributed by atoms with Crippen LogP contribution in [0.15, 0.2) is 6.07 Å². The van der Waals surface area contributed by atoms with Crippen molar-refractivity contribution < 1.29 is 4.74 Å². The monoisotopic (exact) mass is 364 g/mol. The lowest BCUT2D eigenvalue weighted by Crippen LogP contribution is -2.23. The van der Waals surface area contributed by atoms with E-state index in [4.69, 9.17) is 10.5 Å². The van der Waals surface area contributed by atoms with E-state index in [1.807, 2.05) is 18.0 Å². The molecule has 0 saturated carbocycles. The molecule has 7 heteroatoms. The first-order chi connectivity index (χ1) is 8.11. The van der Waals surface area contributed by atoms with Crippen LogP contribution in [0.5, 0.6) is 0 Å². The maximum absolute atomic E-state index is 5.72. The molecular weight excluding hydrogens is 351 g/mol. The van der Waals surface area contributed by atoms with Crippen molar-refractivity contribution in [1.29, 1.82) is 0 Å². The van der Waals surface area contributed by atoms with Gasteiger partial charge in [-0.05, 0) is 28.7 Å². The largest absolute Gasteiger partial charge is 0.383 e. The second-order valence-electron chi connectivity index (χ2n) is 3.58. The smallest absolute Gasteiger partial charge is 0.222 e. The summed E-state index contributed by atoms with van der Waals surface area (Å²) >= 11 is 3.95. The molecule has 0 fully saturated rings. The van der Waals surface area contributed by atoms with Gasteiger partial charge in [-0.2, -0.15) is 4.98 Å². The minimum absolute atomic E-state index is 0.311. The van der Waals surface area contributed by atoms with E-state index in [2.05, 4.69) is 32.6 Å². The molecular formula is C10H13IN4OS. The molecule has 0 radical (unpaired) electrons. The molecule has 0 atom stereocenters. The number of halogens is 1. The van der Waals surface area contributed by atoms with Gasteiger partial charge in [0.2, 0.25) is 5.95 Å². The number of rotatable bonds is 4. The predicted molar refractivity (Wildman–Crippen MR) is 79.7 cm³/mol. The zero-order valence-corrected chi connectivity index (χ0v) is 12.6. The Labute approximate surface area is 117 Å². The topological polar surface area (TPSA) is 64.3 Å². The Bertz CT molecular complexity index is 530. The summed E-state index contributed by atoms with van der Waals surface area (Å²) in [6, 6.07) is 2.02. The van der Waals surface area contributed by atoms with Gasteiger partial charge in [0.1, 0.15) is 0 Å². The quantitative estimate of drug-likeness (QED) is 0.841. The van der Waals surface area contributed by atoms with Gasteiger partial charge in [0.15, 0.2) is 5.82 Å². The molecule has 0 aliphatic rings. The number of anilines is 2. The molecule has 0 spiro atoms. The van der Waals surface area contributed by atoms with Crippen molar-refractivity contribution in [3.63, 3.8) is 0 Å². The average molecular weight is 364 g/mol. The highest BCUT2D eigenvalue weighted by molar-refractivity contribution is 14.1. The summed E-state index contributed by atoms with van der Waals surface area (Å²) in [6.07, 6.45) is 0. The van der Waals surface area contributed by atoms with Gasteiger partial charge >= 0.3 is 0 Å². The van der Waals surface area contributed by atoms with Gasteiger partial charge in [0.05, 0.1) is 19.7 Å². The number of ether oxygens (including phenoxy) is 1. The van der Waals surface area contributed by atoms with Crippen LogP contribution >= 0.6 is 33.9 Å². The Hall–Kier alpha value is -0.670. The molecule has 2 aromatic heterocycles. The number of fused-ring (bicyclic) bond motifs is 1. The summed E-state index contributed by atoms with van der Waals surface area (Å²) in [4.78, 5) is 10.6. The summed E-state index contributed by atoms with van der Waals surface area (Å²) in [5.41, 5.74) is 6.63. The van der Waals surface area contributed by atoms with Crippen LogP contribution in [0, 0.1) is 2.88 Å². The summed E-state index contributed by atoms with van der Waals surface area (Å²) in [6.45, 7) is 1.43. The summed E-state index contributed by atoms with van der Waals surface area (Å²) < 4.78 is 7.32. The van der Waals surface area contributed by atoms with Crippen LogP contribution < -0.4 is 10.6 Å². The molecule has 2 rings (SSSR count). The summed E-state index contributed by atoms with van der Waals surface area (Å²) in [5, 5.41) is 0. The van der Waals surface area contributed by atoms with E-state index >= 15 is 0 Å². The van der Waals surface area contributed by atoms with E-state index < -0.39 is 0 Å². The number of hydrogen-bond acceptors (Lipinski definition) is 6. The average Bonchev–Trinajstić information content (AvgIpc) is 2.64. The number of hydrogen-bond donors (Lipinski definition) is 1. The van der Waals surface area contributed by atoms with Crippen LogP contribution in [0.3, 0.4) is 0 Å². The Morgan fingerprint density at radius 3 is 3.00 bits per heavy atom. The fourth-order valence-corrected chi connectivity index (χ4v) is 3.32. The highest BCUT2D eigenvalue weighted by atomic mass is 127. The number of nitrogen functional groups attached to an aromatic ring is 1. The minimum Gasteiger partial charge on any atom is -0.383 e. The third kappa shape index (κ3) is 2.78. The van der Waals surface area contributed by atoms with E-state index in [9.17, 15) is 0 Å². The molecule has 2 N–H and O–H groups in total. The predicted octanol–water partition coefficient (Wildman–Crippen LogP) is 1.96. The lowest BCUT2D eigenvalue weighted by atomic mass is 10.4. The van der Waals surface area contributed by atoms with E-state index in [0.29, 0.717) is 12.6 Å². The molecule has 2 aromatic rings. The first-order valence-electron chi connectivity index (χ1n) is 5.04. The molecule has 0 bridgehead atoms. The Morgan fingerprint density at radius 1 is 1.53 bits per heavy atom. The molecule has 17 heavy (non-hydrogen) atoms. The maximum atomic E-state index is 5.72. The van der Waals surface area contributed by atoms with Crippen molar-refractivity contribution in [2.45, 2.75) is 0 Å². The van der Waals surface area contributed by atoms with Gasteiger partial charge < -0.3 is 15.4 Å². The molecule has 0 aliphatic heterocycles. The lowest BCUT2D eigenvalue weighted by Gasteiger charge is -2.18. The first-order valence-corrected chi connectivity index (χ1v) is 6.94. The fourth-order valence-electron chi connectivity index (χ4n) is 1.50. The SMILES string of the molecule is COCCN(C)c1nc(N)nc2cc(I)sc12. The standard InChI is InChI=1S/C10H13IN4OS/c1-15(3-4-16-2)9-8-6(5-7(11)17-8)13-10(12)14-9/h5H,3-4H2,1-2H3,(H2,12,13,14). The molecule has 2 heterocycles. The molecule has 0 saturated heterocycles. The number of thiophene rings is 1. The van der Waals surface area contributed by atoms with Gasteiger partial charge in [0.25, 0.3) is 0 Å². The molecule has 0 aromatic carbocycles. The third-order valence-corrected chi connectivity index (χ3v) is 4.21. The van der Waals surface area contributed by atoms with Crippen LogP contribution in [0.1, 0.15) is 0 Å². The first kappa shape index (κ1) is 12.8. The number of methoxy groups -OCH3 is 1. The van der Waals surface area contributed by atoms with Crippen molar-refractivity contribution in [3.8, 4) is 0 Å².